The Kier molecular flexibility index (Phi) is 1.21. The third kappa shape index (κ3) is 1.03. The van der Waals surface area contributed by atoms with E-state index in [-0.39, 0.29) is 5.96 Å². The fourth-order valence-corrected chi connectivity index (χ4v) is 0.283. The maximum atomic E-state index is 5.16. The van der Waals surface area contributed by atoms with Crippen LogP contribution < -0.4 is 5.73 Å². The molecule has 8 heavy (non-hydrogen) atoms. The summed E-state index contributed by atoms with van der Waals surface area (Å²) < 4.78 is 0. The molecule has 0 aromatic rings. The summed E-state index contributed by atoms with van der Waals surface area (Å²) in [5.41, 5.74) is 5.16. The van der Waals surface area contributed by atoms with Gasteiger partial charge in [0.05, 0.1) is 6.20 Å². The van der Waals surface area contributed by atoms with Crippen molar-refractivity contribution in [2.75, 3.05) is 0 Å². The van der Waals surface area contributed by atoms with Gasteiger partial charge >= 0.3 is 0 Å². The molecule has 0 bridgehead atoms. The van der Waals surface area contributed by atoms with E-state index in [1.807, 2.05) is 0 Å². The minimum Gasteiger partial charge on any atom is -0.368 e. The molecule has 0 aromatic heterocycles. The molecular weight excluding hydrogens is 104 g/mol. The molecule has 0 aromatic carbocycles. The van der Waals surface area contributed by atoms with E-state index in [9.17, 15) is 0 Å². The lowest BCUT2D eigenvalue weighted by Crippen LogP contribution is -2.06. The van der Waals surface area contributed by atoms with Crippen molar-refractivity contribution in [1.82, 2.24) is 0 Å². The van der Waals surface area contributed by atoms with E-state index >= 15 is 0 Å². The van der Waals surface area contributed by atoms with Crippen LogP contribution in [0.5, 0.6) is 0 Å². The molecule has 0 spiro atoms. The normalized spacial score (nSPS) is 15.8. The van der Waals surface area contributed by atoms with Crippen LogP contribution in [0.3, 0.4) is 0 Å². The van der Waals surface area contributed by atoms with Crippen molar-refractivity contribution in [3.63, 3.8) is 0 Å². The molecule has 1 heterocycles. The molecule has 0 fully saturated rings. The number of nitrogens with two attached hydrogens (primary N) is 1. The summed E-state index contributed by atoms with van der Waals surface area (Å²) in [4.78, 5) is 10.7. The Labute approximate surface area is 46.2 Å². The Bertz CT molecular complexity index is 194. The lowest BCUT2D eigenvalue weighted by atomic mass is 10.9. The molecule has 0 aliphatic carbocycles. The molecule has 1 rings (SSSR count). The summed E-state index contributed by atoms with van der Waals surface area (Å²) in [6.07, 6.45) is 2.66. The Morgan fingerprint density at radius 2 is 2.50 bits per heavy atom. The zero-order valence-corrected chi connectivity index (χ0v) is 4.07. The molecule has 0 radical (unpaired) electrons. The van der Waals surface area contributed by atoms with Crippen molar-refractivity contribution in [2.24, 2.45) is 20.7 Å². The van der Waals surface area contributed by atoms with Gasteiger partial charge in [-0.1, -0.05) is 0 Å². The summed E-state index contributed by atoms with van der Waals surface area (Å²) in [5.74, 6) is 2.67. The van der Waals surface area contributed by atoms with E-state index in [0.29, 0.717) is 0 Å². The third-order valence-corrected chi connectivity index (χ3v) is 0.577. The highest BCUT2D eigenvalue weighted by Gasteiger charge is 1.80. The molecule has 0 amide bonds. The van der Waals surface area contributed by atoms with Crippen molar-refractivity contribution in [1.29, 1.82) is 0 Å². The number of guanidine groups is 1. The molecule has 4 nitrogen and oxygen atoms in total. The first kappa shape index (κ1) is 4.74. The minimum atomic E-state index is 0.207. The zero-order chi connectivity index (χ0) is 5.82. The van der Waals surface area contributed by atoms with Crippen molar-refractivity contribution < 1.29 is 0 Å². The van der Waals surface area contributed by atoms with Crippen molar-refractivity contribution in [3.8, 4) is 0 Å². The molecule has 40 valence electrons. The van der Waals surface area contributed by atoms with Gasteiger partial charge in [0.15, 0.2) is 0 Å². The summed E-state index contributed by atoms with van der Waals surface area (Å²) in [6.45, 7) is 0. The van der Waals surface area contributed by atoms with Crippen LogP contribution in [0, 0.1) is 0 Å². The summed E-state index contributed by atoms with van der Waals surface area (Å²) >= 11 is 0. The quantitative estimate of drug-likeness (QED) is 0.447. The van der Waals surface area contributed by atoms with E-state index in [2.05, 4.69) is 20.8 Å². The van der Waals surface area contributed by atoms with E-state index in [1.165, 1.54) is 12.5 Å². The van der Waals surface area contributed by atoms with E-state index in [4.69, 9.17) is 5.73 Å². The van der Waals surface area contributed by atoms with Gasteiger partial charge in [-0.25, -0.2) is 9.98 Å². The lowest BCUT2D eigenvalue weighted by molar-refractivity contribution is 1.45. The molecule has 1 aliphatic rings. The van der Waals surface area contributed by atoms with Gasteiger partial charge in [-0.15, -0.1) is 0 Å². The Morgan fingerprint density at radius 1 is 1.62 bits per heavy atom. The predicted octanol–water partition coefficient (Wildman–Crippen LogP) is -0.474. The van der Waals surface area contributed by atoms with Crippen LogP contribution >= 0.6 is 0 Å². The first-order valence-corrected chi connectivity index (χ1v) is 2.02. The standard InChI is InChI=1S/C4H4N4/c5-4-7-2-1-6-3-8-4/h2-3H,(H2,5,7). The second kappa shape index (κ2) is 2.04. The number of hydrogen-bond donors (Lipinski definition) is 1. The fraction of sp³-hybridized carbons (Fsp3) is 0. The van der Waals surface area contributed by atoms with E-state index in [0.717, 1.165) is 0 Å². The maximum absolute atomic E-state index is 5.16. The second-order valence-corrected chi connectivity index (χ2v) is 1.12. The van der Waals surface area contributed by atoms with Gasteiger partial charge in [0.1, 0.15) is 6.34 Å². The molecule has 0 unspecified atom stereocenters. The van der Waals surface area contributed by atoms with Crippen LogP contribution in [0.4, 0.5) is 0 Å². The monoisotopic (exact) mass is 108 g/mol. The van der Waals surface area contributed by atoms with Gasteiger partial charge < -0.3 is 5.73 Å². The van der Waals surface area contributed by atoms with Crippen LogP contribution in [0.25, 0.3) is 0 Å². The van der Waals surface area contributed by atoms with Crippen LogP contribution in [-0.4, -0.2) is 18.2 Å². The van der Waals surface area contributed by atoms with E-state index in [1.54, 1.807) is 0 Å². The highest BCUT2D eigenvalue weighted by Crippen LogP contribution is 1.75. The smallest absolute Gasteiger partial charge is 0.222 e. The van der Waals surface area contributed by atoms with Gasteiger partial charge in [-0.3, -0.25) is 0 Å². The van der Waals surface area contributed by atoms with Gasteiger partial charge in [-0.05, 0) is 0 Å². The Balaban J connectivity index is 2.90. The van der Waals surface area contributed by atoms with Gasteiger partial charge in [-0.2, -0.15) is 4.99 Å². The third-order valence-electron chi connectivity index (χ3n) is 0.577. The largest absolute Gasteiger partial charge is 0.368 e. The van der Waals surface area contributed by atoms with Crippen LogP contribution in [0.1, 0.15) is 0 Å². The van der Waals surface area contributed by atoms with Crippen molar-refractivity contribution in [2.45, 2.75) is 0 Å². The molecule has 0 saturated carbocycles. The van der Waals surface area contributed by atoms with Crippen LogP contribution in [-0.2, 0) is 0 Å². The number of hydrogen-bond acceptors (Lipinski definition) is 4. The predicted molar refractivity (Wildman–Crippen MR) is 32.1 cm³/mol. The van der Waals surface area contributed by atoms with Gasteiger partial charge in [0.25, 0.3) is 0 Å². The molecule has 0 saturated heterocycles. The first-order chi connectivity index (χ1) is 3.89. The highest BCUT2D eigenvalue weighted by molar-refractivity contribution is 5.90. The first-order valence-electron chi connectivity index (χ1n) is 2.02. The second-order valence-electron chi connectivity index (χ2n) is 1.12. The topological polar surface area (TPSA) is 63.1 Å². The average Bonchev–Trinajstić information content (AvgIpc) is 1.94. The van der Waals surface area contributed by atoms with Gasteiger partial charge in [0, 0.05) is 5.87 Å². The number of rotatable bonds is 0. The van der Waals surface area contributed by atoms with Crippen LogP contribution in [0.2, 0.25) is 0 Å². The van der Waals surface area contributed by atoms with Gasteiger partial charge in [0.2, 0.25) is 5.96 Å². The summed E-state index contributed by atoms with van der Waals surface area (Å²) in [7, 11) is 0. The summed E-state index contributed by atoms with van der Waals surface area (Å²) in [5, 5.41) is 0. The number of aliphatic imine (C=N–C) groups is 3. The SMILES string of the molecule is NC1=NC=C=NC=N1. The zero-order valence-electron chi connectivity index (χ0n) is 4.07. The Morgan fingerprint density at radius 3 is 3.38 bits per heavy atom. The average molecular weight is 108 g/mol. The molecular formula is C4H4N4. The maximum Gasteiger partial charge on any atom is 0.222 e. The Hall–Kier alpha value is -1.41. The van der Waals surface area contributed by atoms with E-state index < -0.39 is 0 Å². The molecule has 0 atom stereocenters. The molecule has 4 heteroatoms. The van der Waals surface area contributed by atoms with Crippen molar-refractivity contribution in [3.05, 3.63) is 6.20 Å². The van der Waals surface area contributed by atoms with Crippen LogP contribution in [0.15, 0.2) is 21.2 Å². The van der Waals surface area contributed by atoms with Crippen molar-refractivity contribution >= 4 is 18.2 Å². The lowest BCUT2D eigenvalue weighted by Gasteiger charge is -1.79. The number of nitrogens with zero attached hydrogens (tertiary/aromatic N) is 3. The molecule has 1 aliphatic heterocycles. The minimum absolute atomic E-state index is 0.207. The summed E-state index contributed by atoms with van der Waals surface area (Å²) in [6, 6.07) is 0. The fourth-order valence-electron chi connectivity index (χ4n) is 0.283. The highest BCUT2D eigenvalue weighted by atomic mass is 15.1. The molecule has 2 N–H and O–H groups in total.